The third-order valence-corrected chi connectivity index (χ3v) is 0.798. The van der Waals surface area contributed by atoms with E-state index in [2.05, 4.69) is 0 Å². The average molecular weight is 104 g/mol. The van der Waals surface area contributed by atoms with E-state index in [9.17, 15) is 0 Å². The van der Waals surface area contributed by atoms with Crippen molar-refractivity contribution in [1.29, 1.82) is 0 Å². The minimum atomic E-state index is -0.686. The van der Waals surface area contributed by atoms with Crippen molar-refractivity contribution < 1.29 is 14.6 Å². The van der Waals surface area contributed by atoms with Crippen molar-refractivity contribution in [3.8, 4) is 0 Å². The van der Waals surface area contributed by atoms with Gasteiger partial charge in [0.15, 0.2) is 6.29 Å². The number of hydrogen-bond acceptors (Lipinski definition) is 3. The van der Waals surface area contributed by atoms with Crippen LogP contribution in [0.5, 0.6) is 0 Å². The standard InChI is InChI=1S/C4H8O3/c5-4-3-6-1-2-7-4/h4-5H,1-3H2. The molecule has 3 heteroatoms. The van der Waals surface area contributed by atoms with Gasteiger partial charge < -0.3 is 14.6 Å². The summed E-state index contributed by atoms with van der Waals surface area (Å²) in [6.45, 7) is 1.44. The van der Waals surface area contributed by atoms with Crippen molar-refractivity contribution in [2.24, 2.45) is 0 Å². The quantitative estimate of drug-likeness (QED) is 0.444. The largest absolute Gasteiger partial charge is 0.374 e. The number of ether oxygens (including phenoxy) is 2. The van der Waals surface area contributed by atoms with E-state index in [0.717, 1.165) is 0 Å². The molecular weight excluding hydrogens is 96.0 g/mol. The molecule has 1 unspecified atom stereocenters. The van der Waals surface area contributed by atoms with Gasteiger partial charge in [-0.25, -0.2) is 0 Å². The third kappa shape index (κ3) is 1.43. The number of hydrogen-bond donors (Lipinski definition) is 1. The minimum Gasteiger partial charge on any atom is -0.374 e. The molecule has 1 saturated heterocycles. The van der Waals surface area contributed by atoms with Crippen molar-refractivity contribution in [1.82, 2.24) is 0 Å². The minimum absolute atomic E-state index is 0.319. The van der Waals surface area contributed by atoms with E-state index < -0.39 is 6.29 Å². The first kappa shape index (κ1) is 5.03. The second-order valence-corrected chi connectivity index (χ2v) is 1.40. The second kappa shape index (κ2) is 2.26. The van der Waals surface area contributed by atoms with Crippen LogP contribution in [0, 0.1) is 0 Å². The Morgan fingerprint density at radius 2 is 2.29 bits per heavy atom. The van der Waals surface area contributed by atoms with Crippen LogP contribution in [0.4, 0.5) is 0 Å². The molecule has 0 aliphatic carbocycles. The van der Waals surface area contributed by atoms with E-state index in [4.69, 9.17) is 14.6 Å². The van der Waals surface area contributed by atoms with Crippen LogP contribution in [0.1, 0.15) is 0 Å². The maximum absolute atomic E-state index is 8.56. The first-order chi connectivity index (χ1) is 3.39. The summed E-state index contributed by atoms with van der Waals surface area (Å²) in [6, 6.07) is 0. The number of aliphatic hydroxyl groups is 1. The van der Waals surface area contributed by atoms with Crippen molar-refractivity contribution in [2.45, 2.75) is 6.29 Å². The van der Waals surface area contributed by atoms with E-state index >= 15 is 0 Å². The number of aliphatic hydroxyl groups excluding tert-OH is 1. The Balaban J connectivity index is 2.12. The molecule has 0 spiro atoms. The zero-order chi connectivity index (χ0) is 5.11. The highest BCUT2D eigenvalue weighted by molar-refractivity contribution is 4.43. The van der Waals surface area contributed by atoms with Gasteiger partial charge in [-0.3, -0.25) is 0 Å². The zero-order valence-corrected chi connectivity index (χ0v) is 3.96. The maximum atomic E-state index is 8.56. The normalized spacial score (nSPS) is 33.0. The Bertz CT molecular complexity index is 48.9. The molecule has 3 nitrogen and oxygen atoms in total. The molecule has 0 saturated carbocycles. The van der Waals surface area contributed by atoms with Gasteiger partial charge in [0.05, 0.1) is 19.8 Å². The lowest BCUT2D eigenvalue weighted by Crippen LogP contribution is -2.27. The van der Waals surface area contributed by atoms with Crippen LogP contribution < -0.4 is 0 Å². The summed E-state index contributed by atoms with van der Waals surface area (Å²) < 4.78 is 9.52. The molecule has 0 aromatic rings. The fourth-order valence-corrected chi connectivity index (χ4v) is 0.475. The number of rotatable bonds is 0. The lowest BCUT2D eigenvalue weighted by Gasteiger charge is -2.16. The smallest absolute Gasteiger partial charge is 0.178 e. The highest BCUT2D eigenvalue weighted by Gasteiger charge is 2.07. The summed E-state index contributed by atoms with van der Waals surface area (Å²) in [6.07, 6.45) is -0.686. The Morgan fingerprint density at radius 1 is 1.43 bits per heavy atom. The predicted molar refractivity (Wildman–Crippen MR) is 22.8 cm³/mol. The summed E-state index contributed by atoms with van der Waals surface area (Å²) in [7, 11) is 0. The molecule has 42 valence electrons. The first-order valence-electron chi connectivity index (χ1n) is 2.27. The van der Waals surface area contributed by atoms with Crippen LogP contribution in [0.3, 0.4) is 0 Å². The fourth-order valence-electron chi connectivity index (χ4n) is 0.475. The second-order valence-electron chi connectivity index (χ2n) is 1.40. The molecule has 0 radical (unpaired) electrons. The van der Waals surface area contributed by atoms with Crippen LogP contribution in [0.25, 0.3) is 0 Å². The Kier molecular flexibility index (Phi) is 1.62. The molecule has 1 aliphatic rings. The van der Waals surface area contributed by atoms with Gasteiger partial charge in [0.25, 0.3) is 0 Å². The molecule has 1 aliphatic heterocycles. The highest BCUT2D eigenvalue weighted by atomic mass is 16.7. The molecule has 0 aromatic heterocycles. The van der Waals surface area contributed by atoms with Crippen molar-refractivity contribution in [3.63, 3.8) is 0 Å². The summed E-state index contributed by atoms with van der Waals surface area (Å²) >= 11 is 0. The molecule has 1 rings (SSSR count). The maximum Gasteiger partial charge on any atom is 0.178 e. The SMILES string of the molecule is OC1COCCO1. The topological polar surface area (TPSA) is 38.7 Å². The van der Waals surface area contributed by atoms with E-state index in [1.807, 2.05) is 0 Å². The van der Waals surface area contributed by atoms with Crippen LogP contribution in [-0.4, -0.2) is 31.2 Å². The molecular formula is C4H8O3. The van der Waals surface area contributed by atoms with Gasteiger partial charge in [-0.15, -0.1) is 0 Å². The highest BCUT2D eigenvalue weighted by Crippen LogP contribution is 1.94. The molecule has 7 heavy (non-hydrogen) atoms. The monoisotopic (exact) mass is 104 g/mol. The fraction of sp³-hybridized carbons (Fsp3) is 1.00. The summed E-state index contributed by atoms with van der Waals surface area (Å²) in [5.74, 6) is 0. The lowest BCUT2D eigenvalue weighted by atomic mass is 10.6. The summed E-state index contributed by atoms with van der Waals surface area (Å²) in [4.78, 5) is 0. The van der Waals surface area contributed by atoms with Crippen molar-refractivity contribution in [2.75, 3.05) is 19.8 Å². The molecule has 0 aromatic carbocycles. The van der Waals surface area contributed by atoms with E-state index in [1.54, 1.807) is 0 Å². The van der Waals surface area contributed by atoms with Gasteiger partial charge in [0.1, 0.15) is 0 Å². The molecule has 1 atom stereocenters. The van der Waals surface area contributed by atoms with Gasteiger partial charge in [-0.05, 0) is 0 Å². The van der Waals surface area contributed by atoms with E-state index in [1.165, 1.54) is 0 Å². The first-order valence-corrected chi connectivity index (χ1v) is 2.27. The Morgan fingerprint density at radius 3 is 2.57 bits per heavy atom. The van der Waals surface area contributed by atoms with Gasteiger partial charge in [0.2, 0.25) is 0 Å². The van der Waals surface area contributed by atoms with Crippen LogP contribution >= 0.6 is 0 Å². The van der Waals surface area contributed by atoms with Gasteiger partial charge in [-0.2, -0.15) is 0 Å². The predicted octanol–water partition coefficient (Wildman–Crippen LogP) is -0.648. The van der Waals surface area contributed by atoms with Crippen molar-refractivity contribution in [3.05, 3.63) is 0 Å². The van der Waals surface area contributed by atoms with Crippen LogP contribution in [-0.2, 0) is 9.47 Å². The average Bonchev–Trinajstić information content (AvgIpc) is 1.69. The summed E-state index contributed by atoms with van der Waals surface area (Å²) in [5, 5.41) is 8.56. The van der Waals surface area contributed by atoms with Gasteiger partial charge in [0, 0.05) is 0 Å². The lowest BCUT2D eigenvalue weighted by molar-refractivity contribution is -0.184. The van der Waals surface area contributed by atoms with Crippen molar-refractivity contribution >= 4 is 0 Å². The molecule has 1 heterocycles. The van der Waals surface area contributed by atoms with Crippen LogP contribution in [0.15, 0.2) is 0 Å². The van der Waals surface area contributed by atoms with E-state index in [-0.39, 0.29) is 0 Å². The van der Waals surface area contributed by atoms with E-state index in [0.29, 0.717) is 19.8 Å². The van der Waals surface area contributed by atoms with Gasteiger partial charge >= 0.3 is 0 Å². The van der Waals surface area contributed by atoms with Gasteiger partial charge in [-0.1, -0.05) is 0 Å². The molecule has 0 bridgehead atoms. The summed E-state index contributed by atoms with van der Waals surface area (Å²) in [5.41, 5.74) is 0. The third-order valence-electron chi connectivity index (χ3n) is 0.798. The molecule has 1 N–H and O–H groups in total. The van der Waals surface area contributed by atoms with Crippen LogP contribution in [0.2, 0.25) is 0 Å². The molecule has 0 amide bonds. The Labute approximate surface area is 41.8 Å². The Hall–Kier alpha value is -0.120. The zero-order valence-electron chi connectivity index (χ0n) is 3.96. The molecule has 1 fully saturated rings.